The summed E-state index contributed by atoms with van der Waals surface area (Å²) < 4.78 is 0. The third-order valence-electron chi connectivity index (χ3n) is 2.39. The Labute approximate surface area is 137 Å². The van der Waals surface area contributed by atoms with Crippen molar-refractivity contribution in [2.24, 2.45) is 0 Å². The highest BCUT2D eigenvalue weighted by Gasteiger charge is 2.14. The number of hydrogen-bond acceptors (Lipinski definition) is 6. The van der Waals surface area contributed by atoms with Crippen LogP contribution in [-0.2, 0) is 24.0 Å². The van der Waals surface area contributed by atoms with Crippen LogP contribution < -0.4 is 0 Å². The number of hydrogen-bond donors (Lipinski definition) is 5. The van der Waals surface area contributed by atoms with Gasteiger partial charge in [0.25, 0.3) is 0 Å². The summed E-state index contributed by atoms with van der Waals surface area (Å²) in [6.45, 7) is -1.03. The summed E-state index contributed by atoms with van der Waals surface area (Å²) in [4.78, 5) is 51.5. The molecule has 5 N–H and O–H groups in total. The molecule has 24 heavy (non-hydrogen) atoms. The normalized spacial score (nSPS) is 9.71. The Morgan fingerprint density at radius 2 is 0.875 bits per heavy atom. The SMILES string of the molecule is O=C(O)CCCCC(=O)O.O=C(O)CCN(CC(=O)O)CC(=O)O. The van der Waals surface area contributed by atoms with Gasteiger partial charge in [-0.2, -0.15) is 0 Å². The van der Waals surface area contributed by atoms with Crippen molar-refractivity contribution < 1.29 is 49.5 Å². The van der Waals surface area contributed by atoms with Crippen LogP contribution in [0.3, 0.4) is 0 Å². The molecular formula is C13H21NO10. The number of carbonyl (C=O) groups is 5. The third-order valence-corrected chi connectivity index (χ3v) is 2.39. The van der Waals surface area contributed by atoms with Gasteiger partial charge in [-0.15, -0.1) is 0 Å². The monoisotopic (exact) mass is 351 g/mol. The van der Waals surface area contributed by atoms with Crippen LogP contribution in [0.4, 0.5) is 0 Å². The van der Waals surface area contributed by atoms with Crippen molar-refractivity contribution in [2.75, 3.05) is 19.6 Å². The molecule has 0 atom stereocenters. The van der Waals surface area contributed by atoms with Crippen molar-refractivity contribution in [3.63, 3.8) is 0 Å². The summed E-state index contributed by atoms with van der Waals surface area (Å²) >= 11 is 0. The van der Waals surface area contributed by atoms with E-state index in [-0.39, 0.29) is 25.8 Å². The predicted molar refractivity (Wildman–Crippen MR) is 77.7 cm³/mol. The molecule has 0 spiro atoms. The summed E-state index contributed by atoms with van der Waals surface area (Å²) in [5, 5.41) is 41.3. The van der Waals surface area contributed by atoms with Crippen molar-refractivity contribution in [2.45, 2.75) is 32.1 Å². The van der Waals surface area contributed by atoms with E-state index in [0.29, 0.717) is 12.8 Å². The lowest BCUT2D eigenvalue weighted by atomic mass is 10.2. The zero-order valence-electron chi connectivity index (χ0n) is 12.9. The van der Waals surface area contributed by atoms with Gasteiger partial charge in [0.05, 0.1) is 19.5 Å². The van der Waals surface area contributed by atoms with E-state index >= 15 is 0 Å². The summed E-state index contributed by atoms with van der Waals surface area (Å²) in [6, 6.07) is 0. The van der Waals surface area contributed by atoms with E-state index in [9.17, 15) is 24.0 Å². The van der Waals surface area contributed by atoms with E-state index < -0.39 is 42.9 Å². The van der Waals surface area contributed by atoms with E-state index in [2.05, 4.69) is 0 Å². The molecule has 0 aliphatic carbocycles. The van der Waals surface area contributed by atoms with Gasteiger partial charge in [0.15, 0.2) is 0 Å². The lowest BCUT2D eigenvalue weighted by molar-refractivity contribution is -0.144. The molecule has 0 unspecified atom stereocenters. The maximum absolute atomic E-state index is 10.3. The number of unbranched alkanes of at least 4 members (excludes halogenated alkanes) is 1. The Morgan fingerprint density at radius 3 is 1.12 bits per heavy atom. The highest BCUT2D eigenvalue weighted by atomic mass is 16.4. The molecule has 0 fully saturated rings. The van der Waals surface area contributed by atoms with Gasteiger partial charge in [0.2, 0.25) is 0 Å². The number of rotatable bonds is 12. The highest BCUT2D eigenvalue weighted by molar-refractivity contribution is 5.73. The highest BCUT2D eigenvalue weighted by Crippen LogP contribution is 1.98. The summed E-state index contributed by atoms with van der Waals surface area (Å²) in [6.07, 6.45) is 0.740. The fraction of sp³-hybridized carbons (Fsp3) is 0.615. The van der Waals surface area contributed by atoms with Gasteiger partial charge >= 0.3 is 29.8 Å². The minimum absolute atomic E-state index is 0.0628. The second kappa shape index (κ2) is 13.9. The predicted octanol–water partition coefficient (Wildman–Crippen LogP) is -0.352. The molecule has 0 radical (unpaired) electrons. The number of carboxylic acid groups (broad SMARTS) is 5. The van der Waals surface area contributed by atoms with Crippen LogP contribution in [0.1, 0.15) is 32.1 Å². The van der Waals surface area contributed by atoms with E-state index in [1.54, 1.807) is 0 Å². The van der Waals surface area contributed by atoms with Gasteiger partial charge in [-0.1, -0.05) is 0 Å². The van der Waals surface area contributed by atoms with Crippen molar-refractivity contribution in [1.82, 2.24) is 4.90 Å². The zero-order chi connectivity index (χ0) is 19.1. The third kappa shape index (κ3) is 21.6. The van der Waals surface area contributed by atoms with Gasteiger partial charge in [0.1, 0.15) is 0 Å². The van der Waals surface area contributed by atoms with Crippen LogP contribution in [0, 0.1) is 0 Å². The maximum Gasteiger partial charge on any atom is 0.317 e. The molecule has 0 aliphatic heterocycles. The number of nitrogens with zero attached hydrogens (tertiary/aromatic N) is 1. The largest absolute Gasteiger partial charge is 0.481 e. The van der Waals surface area contributed by atoms with Crippen LogP contribution in [0.15, 0.2) is 0 Å². The standard InChI is InChI=1S/C7H11NO6.C6H10O4/c9-5(10)1-2-8(3-6(11)12)4-7(13)14;7-5(8)3-1-2-4-6(9)10/h1-4H2,(H,9,10)(H,11,12)(H,13,14);1-4H2,(H,7,8)(H,9,10). The average Bonchev–Trinajstić information content (AvgIpc) is 2.40. The summed E-state index contributed by atoms with van der Waals surface area (Å²) in [5.74, 6) is -5.20. The first-order chi connectivity index (χ1) is 11.0. The number of aliphatic carboxylic acids is 5. The molecule has 0 aliphatic rings. The van der Waals surface area contributed by atoms with E-state index in [4.69, 9.17) is 25.5 Å². The van der Waals surface area contributed by atoms with E-state index in [1.807, 2.05) is 0 Å². The Kier molecular flexibility index (Phi) is 13.7. The second-order valence-corrected chi connectivity index (χ2v) is 4.64. The van der Waals surface area contributed by atoms with Crippen molar-refractivity contribution in [1.29, 1.82) is 0 Å². The molecule has 138 valence electrons. The topological polar surface area (TPSA) is 190 Å². The Balaban J connectivity index is 0. The van der Waals surface area contributed by atoms with E-state index in [0.717, 1.165) is 4.90 Å². The van der Waals surface area contributed by atoms with Crippen LogP contribution in [0.5, 0.6) is 0 Å². The first-order valence-corrected chi connectivity index (χ1v) is 6.86. The van der Waals surface area contributed by atoms with Gasteiger partial charge in [0, 0.05) is 19.4 Å². The molecule has 0 heterocycles. The van der Waals surface area contributed by atoms with Crippen molar-refractivity contribution >= 4 is 29.8 Å². The summed E-state index contributed by atoms with van der Waals surface area (Å²) in [5.41, 5.74) is 0. The second-order valence-electron chi connectivity index (χ2n) is 4.64. The zero-order valence-corrected chi connectivity index (χ0v) is 12.9. The molecule has 0 aromatic rings. The minimum Gasteiger partial charge on any atom is -0.481 e. The minimum atomic E-state index is -1.18. The lowest BCUT2D eigenvalue weighted by Gasteiger charge is -2.16. The van der Waals surface area contributed by atoms with Gasteiger partial charge in [-0.25, -0.2) is 0 Å². The van der Waals surface area contributed by atoms with Crippen molar-refractivity contribution in [3.8, 4) is 0 Å². The molecule has 0 rings (SSSR count). The molecule has 0 aromatic heterocycles. The molecule has 11 heteroatoms. The first kappa shape index (κ1) is 23.6. The summed E-state index contributed by atoms with van der Waals surface area (Å²) in [7, 11) is 0. The molecule has 0 saturated carbocycles. The fourth-order valence-electron chi connectivity index (χ4n) is 1.40. The Bertz CT molecular complexity index is 416. The van der Waals surface area contributed by atoms with Gasteiger partial charge in [-0.3, -0.25) is 28.9 Å². The molecule has 0 saturated heterocycles. The lowest BCUT2D eigenvalue weighted by Crippen LogP contribution is -2.35. The fourth-order valence-corrected chi connectivity index (χ4v) is 1.40. The van der Waals surface area contributed by atoms with Gasteiger partial charge < -0.3 is 25.5 Å². The van der Waals surface area contributed by atoms with Crippen molar-refractivity contribution in [3.05, 3.63) is 0 Å². The molecule has 11 nitrogen and oxygen atoms in total. The Hall–Kier alpha value is -2.69. The molecule has 0 bridgehead atoms. The Morgan fingerprint density at radius 1 is 0.542 bits per heavy atom. The van der Waals surface area contributed by atoms with Gasteiger partial charge in [-0.05, 0) is 12.8 Å². The first-order valence-electron chi connectivity index (χ1n) is 6.86. The van der Waals surface area contributed by atoms with E-state index in [1.165, 1.54) is 0 Å². The van der Waals surface area contributed by atoms with Crippen LogP contribution in [0.2, 0.25) is 0 Å². The molecule has 0 amide bonds. The quantitative estimate of drug-likeness (QED) is 0.289. The van der Waals surface area contributed by atoms with Crippen LogP contribution in [0.25, 0.3) is 0 Å². The maximum atomic E-state index is 10.3. The average molecular weight is 351 g/mol. The van der Waals surface area contributed by atoms with Crippen LogP contribution >= 0.6 is 0 Å². The molecule has 0 aromatic carbocycles. The molecular weight excluding hydrogens is 330 g/mol. The van der Waals surface area contributed by atoms with Crippen LogP contribution in [-0.4, -0.2) is 79.9 Å². The number of carboxylic acids is 5. The smallest absolute Gasteiger partial charge is 0.317 e.